The minimum absolute atomic E-state index is 0.275. The smallest absolute Gasteiger partial charge is 0.241 e. The van der Waals surface area contributed by atoms with E-state index in [0.29, 0.717) is 18.5 Å². The van der Waals surface area contributed by atoms with Crippen molar-refractivity contribution >= 4 is 32.4 Å². The van der Waals surface area contributed by atoms with Crippen molar-refractivity contribution in [2.24, 2.45) is 0 Å². The van der Waals surface area contributed by atoms with Gasteiger partial charge >= 0.3 is 0 Å². The number of fused-ring (bicyclic) bond motifs is 1. The van der Waals surface area contributed by atoms with E-state index in [0.717, 1.165) is 30.0 Å². The number of pyridine rings is 1. The molecule has 0 aliphatic heterocycles. The number of aromatic nitrogens is 1. The molecule has 1 aromatic heterocycles. The Bertz CT molecular complexity index is 1000. The fourth-order valence-corrected chi connectivity index (χ4v) is 4.20. The van der Waals surface area contributed by atoms with Gasteiger partial charge < -0.3 is 10.6 Å². The highest BCUT2D eigenvalue weighted by Crippen LogP contribution is 2.21. The molecular weight excluding hydrogens is 396 g/mol. The minimum atomic E-state index is -3.57. The normalized spacial score (nSPS) is 11.8. The second kappa shape index (κ2) is 9.95. The van der Waals surface area contributed by atoms with Crippen LogP contribution >= 0.6 is 11.6 Å². The van der Waals surface area contributed by atoms with Crippen molar-refractivity contribution in [2.45, 2.75) is 11.4 Å². The lowest BCUT2D eigenvalue weighted by atomic mass is 10.2. The predicted octanol–water partition coefficient (Wildman–Crippen LogP) is 2.55. The molecule has 6 nitrogen and oxygen atoms in total. The predicted molar refractivity (Wildman–Crippen MR) is 113 cm³/mol. The van der Waals surface area contributed by atoms with Crippen molar-refractivity contribution in [3.8, 4) is 0 Å². The first-order chi connectivity index (χ1) is 13.6. The van der Waals surface area contributed by atoms with Crippen LogP contribution in [0.1, 0.15) is 5.56 Å². The van der Waals surface area contributed by atoms with Gasteiger partial charge in [-0.15, -0.1) is 0 Å². The van der Waals surface area contributed by atoms with Crippen molar-refractivity contribution in [1.82, 2.24) is 20.3 Å². The Morgan fingerprint density at radius 2 is 1.64 bits per heavy atom. The van der Waals surface area contributed by atoms with E-state index in [1.54, 1.807) is 30.6 Å². The third kappa shape index (κ3) is 5.73. The molecule has 0 aliphatic carbocycles. The second-order valence-corrected chi connectivity index (χ2v) is 8.48. The van der Waals surface area contributed by atoms with Crippen LogP contribution in [-0.4, -0.2) is 39.6 Å². The molecular formula is C20H23ClN4O2S. The van der Waals surface area contributed by atoms with Crippen LogP contribution in [0.5, 0.6) is 0 Å². The Morgan fingerprint density at radius 3 is 2.46 bits per heavy atom. The third-order valence-electron chi connectivity index (χ3n) is 4.25. The van der Waals surface area contributed by atoms with Crippen molar-refractivity contribution in [3.05, 3.63) is 71.5 Å². The van der Waals surface area contributed by atoms with Crippen LogP contribution in [0, 0.1) is 0 Å². The summed E-state index contributed by atoms with van der Waals surface area (Å²) in [5.41, 5.74) is 1.17. The largest absolute Gasteiger partial charge is 0.314 e. The van der Waals surface area contributed by atoms with Crippen LogP contribution in [0.3, 0.4) is 0 Å². The highest BCUT2D eigenvalue weighted by molar-refractivity contribution is 7.89. The summed E-state index contributed by atoms with van der Waals surface area (Å²) < 4.78 is 27.8. The van der Waals surface area contributed by atoms with Gasteiger partial charge in [0.05, 0.1) is 4.90 Å². The molecule has 0 saturated heterocycles. The number of hydrogen-bond acceptors (Lipinski definition) is 5. The van der Waals surface area contributed by atoms with Crippen molar-refractivity contribution in [2.75, 3.05) is 26.2 Å². The topological polar surface area (TPSA) is 83.1 Å². The monoisotopic (exact) mass is 418 g/mol. The van der Waals surface area contributed by atoms with E-state index in [1.165, 1.54) is 5.56 Å². The van der Waals surface area contributed by atoms with E-state index >= 15 is 0 Å². The molecule has 0 radical (unpaired) electrons. The minimum Gasteiger partial charge on any atom is -0.314 e. The highest BCUT2D eigenvalue weighted by atomic mass is 35.5. The summed E-state index contributed by atoms with van der Waals surface area (Å²) in [5, 5.41) is 8.75. The molecule has 0 aliphatic rings. The lowest BCUT2D eigenvalue weighted by molar-refractivity contribution is 0.571. The molecule has 0 unspecified atom stereocenters. The van der Waals surface area contributed by atoms with E-state index in [4.69, 9.17) is 11.6 Å². The maximum atomic E-state index is 12.6. The van der Waals surface area contributed by atoms with Gasteiger partial charge in [-0.05, 0) is 29.8 Å². The Hall–Kier alpha value is -2.03. The van der Waals surface area contributed by atoms with Gasteiger partial charge in [-0.2, -0.15) is 0 Å². The number of sulfonamides is 1. The zero-order valence-corrected chi connectivity index (χ0v) is 16.9. The van der Waals surface area contributed by atoms with Crippen LogP contribution in [0.2, 0.25) is 5.02 Å². The summed E-state index contributed by atoms with van der Waals surface area (Å²) in [5.74, 6) is 0. The molecule has 148 valence electrons. The van der Waals surface area contributed by atoms with Crippen LogP contribution in [0.4, 0.5) is 0 Å². The van der Waals surface area contributed by atoms with Crippen LogP contribution < -0.4 is 15.4 Å². The summed E-state index contributed by atoms with van der Waals surface area (Å²) in [6, 6.07) is 14.6. The number of halogens is 1. The van der Waals surface area contributed by atoms with E-state index in [9.17, 15) is 8.42 Å². The quantitative estimate of drug-likeness (QED) is 0.441. The first-order valence-corrected chi connectivity index (χ1v) is 10.9. The zero-order chi connectivity index (χ0) is 19.8. The van der Waals surface area contributed by atoms with Gasteiger partial charge in [-0.25, -0.2) is 13.1 Å². The molecule has 0 fully saturated rings. The zero-order valence-electron chi connectivity index (χ0n) is 15.4. The van der Waals surface area contributed by atoms with Crippen molar-refractivity contribution in [3.63, 3.8) is 0 Å². The van der Waals surface area contributed by atoms with Gasteiger partial charge in [0.15, 0.2) is 0 Å². The van der Waals surface area contributed by atoms with Gasteiger partial charge in [-0.3, -0.25) is 4.98 Å². The van der Waals surface area contributed by atoms with E-state index < -0.39 is 10.0 Å². The number of nitrogens with one attached hydrogen (secondary N) is 3. The van der Waals surface area contributed by atoms with Crippen LogP contribution in [0.25, 0.3) is 10.8 Å². The maximum absolute atomic E-state index is 12.6. The van der Waals surface area contributed by atoms with Gasteiger partial charge in [0.25, 0.3) is 0 Å². The molecule has 0 amide bonds. The molecule has 0 spiro atoms. The Kier molecular flexibility index (Phi) is 7.36. The fraction of sp³-hybridized carbons (Fsp3) is 0.250. The molecule has 0 atom stereocenters. The molecule has 1 heterocycles. The Morgan fingerprint density at radius 1 is 0.893 bits per heavy atom. The Labute approximate surface area is 170 Å². The van der Waals surface area contributed by atoms with E-state index in [-0.39, 0.29) is 4.90 Å². The maximum Gasteiger partial charge on any atom is 0.241 e. The van der Waals surface area contributed by atoms with Gasteiger partial charge in [-0.1, -0.05) is 35.9 Å². The summed E-state index contributed by atoms with van der Waals surface area (Å²) >= 11 is 5.86. The fourth-order valence-electron chi connectivity index (χ4n) is 2.82. The number of hydrogen-bond donors (Lipinski definition) is 3. The van der Waals surface area contributed by atoms with Gasteiger partial charge in [0.1, 0.15) is 0 Å². The standard InChI is InChI=1S/C20H23ClN4O2S/c21-18-6-4-16(5-7-18)14-24-11-10-22-12-13-25-28(26,27)20-3-1-2-17-15-23-9-8-19(17)20/h1-9,15,22,24-25H,10-14H2. The summed E-state index contributed by atoms with van der Waals surface area (Å²) in [4.78, 5) is 4.31. The van der Waals surface area contributed by atoms with Crippen LogP contribution in [-0.2, 0) is 16.6 Å². The molecule has 8 heteroatoms. The molecule has 0 saturated carbocycles. The van der Waals surface area contributed by atoms with Crippen molar-refractivity contribution < 1.29 is 8.42 Å². The van der Waals surface area contributed by atoms with Gasteiger partial charge in [0, 0.05) is 60.9 Å². The number of rotatable bonds is 10. The van der Waals surface area contributed by atoms with Gasteiger partial charge in [0.2, 0.25) is 10.0 Å². The number of nitrogens with zero attached hydrogens (tertiary/aromatic N) is 1. The summed E-state index contributed by atoms with van der Waals surface area (Å²) in [6.45, 7) is 3.16. The molecule has 2 aromatic carbocycles. The van der Waals surface area contributed by atoms with Crippen LogP contribution in [0.15, 0.2) is 65.8 Å². The average molecular weight is 419 g/mol. The summed E-state index contributed by atoms with van der Waals surface area (Å²) in [7, 11) is -3.57. The highest BCUT2D eigenvalue weighted by Gasteiger charge is 2.16. The molecule has 3 N–H and O–H groups in total. The first kappa shape index (κ1) is 20.7. The second-order valence-electron chi connectivity index (χ2n) is 6.30. The molecule has 3 rings (SSSR count). The third-order valence-corrected chi connectivity index (χ3v) is 6.02. The molecule has 28 heavy (non-hydrogen) atoms. The lowest BCUT2D eigenvalue weighted by Crippen LogP contribution is -2.34. The lowest BCUT2D eigenvalue weighted by Gasteiger charge is -2.10. The first-order valence-electron chi connectivity index (χ1n) is 9.04. The van der Waals surface area contributed by atoms with E-state index in [2.05, 4.69) is 20.3 Å². The number of benzene rings is 2. The SMILES string of the molecule is O=S(=O)(NCCNCCNCc1ccc(Cl)cc1)c1cccc2cnccc12. The van der Waals surface area contributed by atoms with Crippen molar-refractivity contribution in [1.29, 1.82) is 0 Å². The molecule has 3 aromatic rings. The van der Waals surface area contributed by atoms with E-state index in [1.807, 2.05) is 30.3 Å². The Balaban J connectivity index is 1.38. The summed E-state index contributed by atoms with van der Waals surface area (Å²) in [6.07, 6.45) is 3.26. The molecule has 0 bridgehead atoms. The average Bonchev–Trinajstić information content (AvgIpc) is 2.71.